The Labute approximate surface area is 215 Å². The van der Waals surface area contributed by atoms with Gasteiger partial charge in [-0.15, -0.1) is 0 Å². The second-order valence-corrected chi connectivity index (χ2v) is 11.3. The van der Waals surface area contributed by atoms with Gasteiger partial charge < -0.3 is 14.2 Å². The molecule has 2 aliphatic rings. The third-order valence-corrected chi connectivity index (χ3v) is 8.55. The maximum atomic E-state index is 14.4. The van der Waals surface area contributed by atoms with E-state index in [9.17, 15) is 14.3 Å². The number of hydrogen-bond acceptors (Lipinski definition) is 4. The van der Waals surface area contributed by atoms with Crippen LogP contribution in [0.4, 0.5) is 4.39 Å². The van der Waals surface area contributed by atoms with Crippen molar-refractivity contribution in [2.24, 2.45) is 5.92 Å². The summed E-state index contributed by atoms with van der Waals surface area (Å²) < 4.78 is 22.1. The second-order valence-electron chi connectivity index (χ2n) is 11.3. The summed E-state index contributed by atoms with van der Waals surface area (Å²) in [5.41, 5.74) is 5.76. The average molecular weight is 502 g/mol. The number of hydrogen-bond donors (Lipinski definition) is 1. The third kappa shape index (κ3) is 4.14. The Morgan fingerprint density at radius 2 is 1.84 bits per heavy atom. The molecule has 0 saturated heterocycles. The molecule has 0 radical (unpaired) electrons. The summed E-state index contributed by atoms with van der Waals surface area (Å²) in [5.74, 6) is 0.416. The van der Waals surface area contributed by atoms with Gasteiger partial charge in [-0.25, -0.2) is 4.39 Å². The van der Waals surface area contributed by atoms with Crippen LogP contribution in [0.25, 0.3) is 33.3 Å². The average Bonchev–Trinajstić information content (AvgIpc) is 3.53. The molecule has 6 rings (SSSR count). The van der Waals surface area contributed by atoms with E-state index in [4.69, 9.17) is 9.51 Å². The van der Waals surface area contributed by atoms with E-state index in [1.165, 1.54) is 0 Å². The molecular formula is C30H32FN3O3. The van der Waals surface area contributed by atoms with Crippen molar-refractivity contribution in [3.63, 3.8) is 0 Å². The number of rotatable bonds is 6. The molecule has 0 spiro atoms. The summed E-state index contributed by atoms with van der Waals surface area (Å²) in [6.45, 7) is 6.36. The molecule has 6 nitrogen and oxygen atoms in total. The minimum atomic E-state index is -1.06. The molecule has 0 unspecified atom stereocenters. The number of pyridine rings is 1. The van der Waals surface area contributed by atoms with Crippen molar-refractivity contribution in [3.05, 3.63) is 59.7 Å². The number of aliphatic carboxylic acids is 1. The van der Waals surface area contributed by atoms with Crippen molar-refractivity contribution < 1.29 is 18.8 Å². The highest BCUT2D eigenvalue weighted by Gasteiger charge is 2.51. The van der Waals surface area contributed by atoms with Gasteiger partial charge in [-0.2, -0.15) is 0 Å². The van der Waals surface area contributed by atoms with Gasteiger partial charge in [-0.3, -0.25) is 9.78 Å². The van der Waals surface area contributed by atoms with Crippen molar-refractivity contribution in [2.75, 3.05) is 0 Å². The van der Waals surface area contributed by atoms with E-state index in [0.717, 1.165) is 69.7 Å². The predicted octanol–water partition coefficient (Wildman–Crippen LogP) is 7.01. The van der Waals surface area contributed by atoms with E-state index >= 15 is 0 Å². The molecular weight excluding hydrogens is 469 g/mol. The van der Waals surface area contributed by atoms with Crippen LogP contribution in [0.2, 0.25) is 0 Å². The molecule has 0 amide bonds. The quantitative estimate of drug-likeness (QED) is 0.307. The predicted molar refractivity (Wildman–Crippen MR) is 140 cm³/mol. The lowest BCUT2D eigenvalue weighted by Crippen LogP contribution is -2.27. The smallest absolute Gasteiger partial charge is 0.314 e. The number of carboxylic acid groups (broad SMARTS) is 1. The molecule has 0 bridgehead atoms. The minimum absolute atomic E-state index is 0.405. The lowest BCUT2D eigenvalue weighted by atomic mass is 9.81. The number of benzene rings is 1. The first-order chi connectivity index (χ1) is 17.7. The van der Waals surface area contributed by atoms with E-state index in [1.54, 1.807) is 6.92 Å². The van der Waals surface area contributed by atoms with Crippen molar-refractivity contribution in [1.82, 2.24) is 14.7 Å². The fourth-order valence-corrected chi connectivity index (χ4v) is 6.02. The summed E-state index contributed by atoms with van der Waals surface area (Å²) in [4.78, 5) is 16.7. The summed E-state index contributed by atoms with van der Waals surface area (Å²) in [5, 5.41) is 13.8. The second kappa shape index (κ2) is 8.54. The van der Waals surface area contributed by atoms with Crippen LogP contribution in [0.3, 0.4) is 0 Å². The van der Waals surface area contributed by atoms with Crippen LogP contribution >= 0.6 is 0 Å². The van der Waals surface area contributed by atoms with Crippen LogP contribution in [-0.2, 0) is 16.8 Å². The molecule has 1 aromatic carbocycles. The van der Waals surface area contributed by atoms with Gasteiger partial charge in [-0.1, -0.05) is 29.4 Å². The zero-order valence-electron chi connectivity index (χ0n) is 21.6. The Kier molecular flexibility index (Phi) is 5.51. The van der Waals surface area contributed by atoms with Crippen molar-refractivity contribution in [3.8, 4) is 22.3 Å². The van der Waals surface area contributed by atoms with Crippen molar-refractivity contribution >= 4 is 17.0 Å². The zero-order valence-corrected chi connectivity index (χ0v) is 21.6. The number of carbonyl (C=O) groups is 1. The van der Waals surface area contributed by atoms with E-state index in [2.05, 4.69) is 22.0 Å². The molecule has 3 heterocycles. The molecule has 0 aliphatic heterocycles. The molecule has 4 aromatic rings. The number of fused-ring (bicyclic) bond motifs is 1. The maximum Gasteiger partial charge on any atom is 0.314 e. The van der Waals surface area contributed by atoms with Crippen LogP contribution in [-0.4, -0.2) is 31.5 Å². The number of halogens is 1. The summed E-state index contributed by atoms with van der Waals surface area (Å²) in [7, 11) is 0. The molecule has 0 atom stereocenters. The Morgan fingerprint density at radius 1 is 1.14 bits per heavy atom. The number of aryl methyl sites for hydroxylation is 2. The molecule has 7 heteroatoms. The van der Waals surface area contributed by atoms with Gasteiger partial charge in [0.25, 0.3) is 0 Å². The highest BCUT2D eigenvalue weighted by molar-refractivity contribution is 5.95. The standard InChI is InChI=1S/C30H32FN3O3/c1-18-26(19(2)37-33-18)22-14-25-27(32-15-22)24(17-34(25)16-20-8-10-29(3,31)11-9-20)21-4-6-23(7-5-21)30(12-13-30)28(35)36/h4-7,14-15,17,20H,8-13,16H2,1-3H3,(H,35,36). The first-order valence-electron chi connectivity index (χ1n) is 13.1. The van der Waals surface area contributed by atoms with Gasteiger partial charge in [0, 0.05) is 35.6 Å². The largest absolute Gasteiger partial charge is 0.481 e. The highest BCUT2D eigenvalue weighted by Crippen LogP contribution is 2.49. The Balaban J connectivity index is 1.41. The zero-order chi connectivity index (χ0) is 25.9. The van der Waals surface area contributed by atoms with Gasteiger partial charge >= 0.3 is 5.97 Å². The van der Waals surface area contributed by atoms with Gasteiger partial charge in [-0.05, 0) is 82.4 Å². The van der Waals surface area contributed by atoms with E-state index in [0.29, 0.717) is 31.6 Å². The van der Waals surface area contributed by atoms with Crippen LogP contribution < -0.4 is 0 Å². The molecule has 37 heavy (non-hydrogen) atoms. The molecule has 2 fully saturated rings. The molecule has 192 valence electrons. The molecule has 2 aliphatic carbocycles. The number of nitrogens with zero attached hydrogens (tertiary/aromatic N) is 3. The Bertz CT molecular complexity index is 1470. The van der Waals surface area contributed by atoms with Crippen LogP contribution in [0.15, 0.2) is 47.2 Å². The lowest BCUT2D eigenvalue weighted by molar-refractivity contribution is -0.140. The van der Waals surface area contributed by atoms with E-state index in [-0.39, 0.29) is 0 Å². The fourth-order valence-electron chi connectivity index (χ4n) is 6.02. The lowest BCUT2D eigenvalue weighted by Gasteiger charge is -2.31. The molecule has 3 aromatic heterocycles. The Morgan fingerprint density at radius 3 is 2.43 bits per heavy atom. The monoisotopic (exact) mass is 501 g/mol. The topological polar surface area (TPSA) is 81.2 Å². The third-order valence-electron chi connectivity index (χ3n) is 8.55. The number of alkyl halides is 1. The first-order valence-corrected chi connectivity index (χ1v) is 13.1. The molecule has 1 N–H and O–H groups in total. The van der Waals surface area contributed by atoms with E-state index < -0.39 is 17.1 Å². The summed E-state index contributed by atoms with van der Waals surface area (Å²) >= 11 is 0. The van der Waals surface area contributed by atoms with Crippen molar-refractivity contribution in [1.29, 1.82) is 0 Å². The highest BCUT2D eigenvalue weighted by atomic mass is 19.1. The van der Waals surface area contributed by atoms with Gasteiger partial charge in [0.05, 0.1) is 22.1 Å². The van der Waals surface area contributed by atoms with Gasteiger partial charge in [0.15, 0.2) is 0 Å². The summed E-state index contributed by atoms with van der Waals surface area (Å²) in [6, 6.07) is 10.1. The first kappa shape index (κ1) is 23.9. The van der Waals surface area contributed by atoms with Crippen LogP contribution in [0.1, 0.15) is 62.5 Å². The maximum absolute atomic E-state index is 14.4. The Hall–Kier alpha value is -3.48. The van der Waals surface area contributed by atoms with Gasteiger partial charge in [0.2, 0.25) is 0 Å². The normalized spacial score (nSPS) is 22.9. The summed E-state index contributed by atoms with van der Waals surface area (Å²) in [6.07, 6.45) is 8.32. The van der Waals surface area contributed by atoms with Crippen LogP contribution in [0.5, 0.6) is 0 Å². The van der Waals surface area contributed by atoms with Crippen LogP contribution in [0, 0.1) is 19.8 Å². The fraction of sp³-hybridized carbons (Fsp3) is 0.433. The van der Waals surface area contributed by atoms with Crippen molar-refractivity contribution in [2.45, 2.75) is 76.9 Å². The van der Waals surface area contributed by atoms with E-state index in [1.807, 2.05) is 44.3 Å². The molecule has 2 saturated carbocycles. The van der Waals surface area contributed by atoms with Gasteiger partial charge in [0.1, 0.15) is 11.4 Å². The number of aromatic nitrogens is 3. The SMILES string of the molecule is Cc1noc(C)c1-c1cnc2c(-c3ccc(C4(C(=O)O)CC4)cc3)cn(CC3CCC(C)(F)CC3)c2c1. The number of carboxylic acids is 1. The minimum Gasteiger partial charge on any atom is -0.481 e.